The summed E-state index contributed by atoms with van der Waals surface area (Å²) in [6.07, 6.45) is 0. The van der Waals surface area contributed by atoms with E-state index in [2.05, 4.69) is 10.2 Å². The first kappa shape index (κ1) is 14.3. The van der Waals surface area contributed by atoms with E-state index in [1.54, 1.807) is 13.0 Å². The molecule has 0 aliphatic carbocycles. The number of thioether (sulfide) groups is 1. The van der Waals surface area contributed by atoms with Crippen LogP contribution in [-0.4, -0.2) is 48.5 Å². The van der Waals surface area contributed by atoms with Gasteiger partial charge in [-0.05, 0) is 30.7 Å². The molecule has 0 aromatic heterocycles. The molecule has 1 amide bonds. The molecule has 0 bridgehead atoms. The van der Waals surface area contributed by atoms with E-state index in [0.29, 0.717) is 17.7 Å². The predicted molar refractivity (Wildman–Crippen MR) is 77.2 cm³/mol. The normalized spacial score (nSPS) is 16.3. The number of carbonyl (C=O) groups excluding carboxylic acids is 1. The third-order valence-electron chi connectivity index (χ3n) is 3.24. The number of amides is 1. The lowest BCUT2D eigenvalue weighted by Crippen LogP contribution is -2.39. The van der Waals surface area contributed by atoms with Gasteiger partial charge in [0.15, 0.2) is 0 Å². The lowest BCUT2D eigenvalue weighted by atomic mass is 10.1. The van der Waals surface area contributed by atoms with Crippen LogP contribution in [0.1, 0.15) is 15.9 Å². The Morgan fingerprint density at radius 3 is 2.84 bits per heavy atom. The summed E-state index contributed by atoms with van der Waals surface area (Å²) in [4.78, 5) is 14.2. The molecule has 104 valence electrons. The zero-order valence-electron chi connectivity index (χ0n) is 11.1. The number of rotatable bonds is 4. The molecule has 1 saturated heterocycles. The summed E-state index contributed by atoms with van der Waals surface area (Å²) in [6, 6.07) is 4.45. The quantitative estimate of drug-likeness (QED) is 0.915. The number of halogens is 1. The topological polar surface area (TPSA) is 32.3 Å². The fourth-order valence-electron chi connectivity index (χ4n) is 2.04. The highest BCUT2D eigenvalue weighted by Gasteiger charge is 2.11. The van der Waals surface area contributed by atoms with Crippen molar-refractivity contribution in [2.24, 2.45) is 0 Å². The molecule has 0 spiro atoms. The predicted octanol–water partition coefficient (Wildman–Crippen LogP) is 1.91. The van der Waals surface area contributed by atoms with Crippen molar-refractivity contribution in [2.45, 2.75) is 6.92 Å². The molecule has 1 heterocycles. The van der Waals surface area contributed by atoms with Gasteiger partial charge in [-0.15, -0.1) is 0 Å². The molecule has 1 aromatic rings. The van der Waals surface area contributed by atoms with Gasteiger partial charge in [-0.3, -0.25) is 9.69 Å². The van der Waals surface area contributed by atoms with E-state index < -0.39 is 0 Å². The van der Waals surface area contributed by atoms with E-state index in [-0.39, 0.29) is 11.7 Å². The molecule has 0 atom stereocenters. The molecule has 0 unspecified atom stereocenters. The largest absolute Gasteiger partial charge is 0.351 e. The molecule has 1 aromatic carbocycles. The van der Waals surface area contributed by atoms with Gasteiger partial charge in [-0.2, -0.15) is 11.8 Å². The number of hydrogen-bond acceptors (Lipinski definition) is 3. The van der Waals surface area contributed by atoms with Crippen LogP contribution < -0.4 is 5.32 Å². The van der Waals surface area contributed by atoms with Crippen molar-refractivity contribution in [1.29, 1.82) is 0 Å². The van der Waals surface area contributed by atoms with Crippen LogP contribution in [0.15, 0.2) is 18.2 Å². The van der Waals surface area contributed by atoms with Gasteiger partial charge in [-0.25, -0.2) is 4.39 Å². The van der Waals surface area contributed by atoms with E-state index in [1.165, 1.54) is 23.6 Å². The first-order chi connectivity index (χ1) is 9.16. The fraction of sp³-hybridized carbons (Fsp3) is 0.500. The van der Waals surface area contributed by atoms with Crippen LogP contribution in [0.4, 0.5) is 4.39 Å². The first-order valence-corrected chi connectivity index (χ1v) is 7.67. The third kappa shape index (κ3) is 4.21. The summed E-state index contributed by atoms with van der Waals surface area (Å²) in [6.45, 7) is 5.37. The second-order valence-corrected chi connectivity index (χ2v) is 5.90. The average Bonchev–Trinajstić information content (AvgIpc) is 2.43. The molecule has 1 aliphatic rings. The Morgan fingerprint density at radius 2 is 2.16 bits per heavy atom. The van der Waals surface area contributed by atoms with Crippen molar-refractivity contribution in [1.82, 2.24) is 10.2 Å². The minimum absolute atomic E-state index is 0.130. The molecular weight excluding hydrogens is 263 g/mol. The Hall–Kier alpha value is -1.07. The highest BCUT2D eigenvalue weighted by Crippen LogP contribution is 2.10. The Bertz CT molecular complexity index is 447. The van der Waals surface area contributed by atoms with Gasteiger partial charge >= 0.3 is 0 Å². The number of carbonyl (C=O) groups is 1. The van der Waals surface area contributed by atoms with Gasteiger partial charge in [0.1, 0.15) is 5.82 Å². The van der Waals surface area contributed by atoms with Crippen molar-refractivity contribution in [2.75, 3.05) is 37.7 Å². The van der Waals surface area contributed by atoms with Crippen LogP contribution in [-0.2, 0) is 0 Å². The first-order valence-electron chi connectivity index (χ1n) is 6.51. The molecule has 1 fully saturated rings. The van der Waals surface area contributed by atoms with Gasteiger partial charge in [0.05, 0.1) is 0 Å². The Labute approximate surface area is 117 Å². The maximum absolute atomic E-state index is 13.1. The average molecular weight is 282 g/mol. The maximum atomic E-state index is 13.1. The highest BCUT2D eigenvalue weighted by atomic mass is 32.2. The van der Waals surface area contributed by atoms with Crippen LogP contribution >= 0.6 is 11.8 Å². The van der Waals surface area contributed by atoms with Crippen LogP contribution in [0.25, 0.3) is 0 Å². The molecule has 0 saturated carbocycles. The van der Waals surface area contributed by atoms with Crippen molar-refractivity contribution < 1.29 is 9.18 Å². The van der Waals surface area contributed by atoms with Crippen LogP contribution in [0.5, 0.6) is 0 Å². The van der Waals surface area contributed by atoms with E-state index in [9.17, 15) is 9.18 Å². The fourth-order valence-corrected chi connectivity index (χ4v) is 3.02. The van der Waals surface area contributed by atoms with Crippen molar-refractivity contribution in [3.63, 3.8) is 0 Å². The summed E-state index contributed by atoms with van der Waals surface area (Å²) >= 11 is 1.97. The Kier molecular flexibility index (Phi) is 5.22. The van der Waals surface area contributed by atoms with E-state index >= 15 is 0 Å². The highest BCUT2D eigenvalue weighted by molar-refractivity contribution is 7.99. The molecule has 3 nitrogen and oxygen atoms in total. The Balaban J connectivity index is 1.78. The smallest absolute Gasteiger partial charge is 0.251 e. The molecule has 2 rings (SSSR count). The Morgan fingerprint density at radius 1 is 1.42 bits per heavy atom. The zero-order chi connectivity index (χ0) is 13.7. The second kappa shape index (κ2) is 6.91. The lowest BCUT2D eigenvalue weighted by molar-refractivity contribution is 0.0949. The summed E-state index contributed by atoms with van der Waals surface area (Å²) in [7, 11) is 0. The van der Waals surface area contributed by atoms with Gasteiger partial charge < -0.3 is 5.32 Å². The van der Waals surface area contributed by atoms with Gasteiger partial charge in [0.2, 0.25) is 0 Å². The molecule has 1 aliphatic heterocycles. The minimum Gasteiger partial charge on any atom is -0.351 e. The molecular formula is C14H19FN2OS. The monoisotopic (exact) mass is 282 g/mol. The van der Waals surface area contributed by atoms with Crippen LogP contribution in [0.2, 0.25) is 0 Å². The molecule has 0 radical (unpaired) electrons. The SMILES string of the molecule is Cc1cc(C(=O)NCCN2CCSCC2)ccc1F. The van der Waals surface area contributed by atoms with Crippen LogP contribution in [0.3, 0.4) is 0 Å². The summed E-state index contributed by atoms with van der Waals surface area (Å²) in [5.41, 5.74) is 1.02. The van der Waals surface area contributed by atoms with E-state index in [4.69, 9.17) is 0 Å². The second-order valence-electron chi connectivity index (χ2n) is 4.67. The van der Waals surface area contributed by atoms with E-state index in [0.717, 1.165) is 19.6 Å². The molecule has 19 heavy (non-hydrogen) atoms. The van der Waals surface area contributed by atoms with Crippen molar-refractivity contribution in [3.05, 3.63) is 35.1 Å². The van der Waals surface area contributed by atoms with Crippen LogP contribution in [0, 0.1) is 12.7 Å². The summed E-state index contributed by atoms with van der Waals surface area (Å²) in [5.74, 6) is 1.94. The lowest BCUT2D eigenvalue weighted by Gasteiger charge is -2.26. The molecule has 5 heteroatoms. The van der Waals surface area contributed by atoms with Gasteiger partial charge in [0, 0.05) is 43.2 Å². The number of nitrogens with zero attached hydrogens (tertiary/aromatic N) is 1. The number of benzene rings is 1. The van der Waals surface area contributed by atoms with Gasteiger partial charge in [0.25, 0.3) is 5.91 Å². The third-order valence-corrected chi connectivity index (χ3v) is 4.18. The summed E-state index contributed by atoms with van der Waals surface area (Å²) < 4.78 is 13.1. The number of nitrogens with one attached hydrogen (secondary N) is 1. The summed E-state index contributed by atoms with van der Waals surface area (Å²) in [5, 5.41) is 2.88. The van der Waals surface area contributed by atoms with Gasteiger partial charge in [-0.1, -0.05) is 0 Å². The minimum atomic E-state index is -0.276. The maximum Gasteiger partial charge on any atom is 0.251 e. The zero-order valence-corrected chi connectivity index (χ0v) is 11.9. The number of hydrogen-bond donors (Lipinski definition) is 1. The van der Waals surface area contributed by atoms with Crippen molar-refractivity contribution >= 4 is 17.7 Å². The van der Waals surface area contributed by atoms with Crippen molar-refractivity contribution in [3.8, 4) is 0 Å². The number of aryl methyl sites for hydroxylation is 1. The standard InChI is InChI=1S/C14H19FN2OS/c1-11-10-12(2-3-13(11)15)14(18)16-4-5-17-6-8-19-9-7-17/h2-3,10H,4-9H2,1H3,(H,16,18). The molecule has 1 N–H and O–H groups in total. The van der Waals surface area contributed by atoms with E-state index in [1.807, 2.05) is 11.8 Å².